The summed E-state index contributed by atoms with van der Waals surface area (Å²) < 4.78 is 26.2. The van der Waals surface area contributed by atoms with Crippen LogP contribution in [-0.4, -0.2) is 114 Å². The topological polar surface area (TPSA) is 101 Å². The Morgan fingerprint density at radius 3 is 2.42 bits per heavy atom. The number of aliphatic hydroxyl groups excluding tert-OH is 1. The van der Waals surface area contributed by atoms with Crippen LogP contribution in [0.5, 0.6) is 0 Å². The van der Waals surface area contributed by atoms with Crippen LogP contribution < -0.4 is 0 Å². The quantitative estimate of drug-likeness (QED) is 0.354. The van der Waals surface area contributed by atoms with Crippen molar-refractivity contribution in [1.82, 2.24) is 9.80 Å². The van der Waals surface area contributed by atoms with E-state index in [1.54, 1.807) is 0 Å². The maximum Gasteiger partial charge on any atom is 0.236 e. The molecule has 2 N–H and O–H groups in total. The molecule has 50 heavy (non-hydrogen) atoms. The van der Waals surface area contributed by atoms with Crippen molar-refractivity contribution >= 4 is 5.91 Å². The maximum atomic E-state index is 12.7. The molecule has 284 valence electrons. The van der Waals surface area contributed by atoms with E-state index >= 15 is 0 Å². The van der Waals surface area contributed by atoms with E-state index < -0.39 is 17.8 Å². The monoisotopic (exact) mass is 701 g/mol. The number of nitrogens with zero attached hydrogens (tertiary/aromatic N) is 2. The summed E-state index contributed by atoms with van der Waals surface area (Å²) in [5.74, 6) is 1.97. The summed E-state index contributed by atoms with van der Waals surface area (Å²) >= 11 is 0. The molecule has 3 aliphatic heterocycles. The SMILES string of the molecule is CCOC(C1CC(C)C2C(O1)C(O)C1(C)C3CCC4C(C)(C)C(OC5CN(CC(=O)N6CCC6)CCO5)CCC45CC35CCC21C)C(C)(C)O. The zero-order valence-corrected chi connectivity index (χ0v) is 32.4. The summed E-state index contributed by atoms with van der Waals surface area (Å²) in [6, 6.07) is 0. The predicted molar refractivity (Wildman–Crippen MR) is 190 cm³/mol. The number of ether oxygens (including phenoxy) is 4. The van der Waals surface area contributed by atoms with Gasteiger partial charge in [-0.3, -0.25) is 9.69 Å². The highest BCUT2D eigenvalue weighted by molar-refractivity contribution is 5.78. The van der Waals surface area contributed by atoms with Crippen molar-refractivity contribution in [1.29, 1.82) is 0 Å². The minimum atomic E-state index is -1.02. The Kier molecular flexibility index (Phi) is 8.75. The lowest BCUT2D eigenvalue weighted by atomic mass is 9.41. The Labute approximate surface area is 301 Å². The van der Waals surface area contributed by atoms with Gasteiger partial charge in [0.25, 0.3) is 0 Å². The van der Waals surface area contributed by atoms with Gasteiger partial charge in [0.1, 0.15) is 6.10 Å². The van der Waals surface area contributed by atoms with Crippen LogP contribution in [-0.2, 0) is 23.7 Å². The average Bonchev–Trinajstić information content (AvgIpc) is 3.64. The number of likely N-dealkylation sites (tertiary alicyclic amines) is 1. The Morgan fingerprint density at radius 1 is 1.02 bits per heavy atom. The third-order valence-electron chi connectivity index (χ3n) is 17.1. The van der Waals surface area contributed by atoms with Crippen molar-refractivity contribution < 1.29 is 34.0 Å². The molecule has 3 heterocycles. The Balaban J connectivity index is 0.991. The normalized spacial score (nSPS) is 50.2. The second-order valence-corrected chi connectivity index (χ2v) is 20.0. The Bertz CT molecular complexity index is 1320. The third-order valence-corrected chi connectivity index (χ3v) is 17.1. The second kappa shape index (κ2) is 12.1. The van der Waals surface area contributed by atoms with Crippen LogP contribution in [0, 0.1) is 50.7 Å². The van der Waals surface area contributed by atoms with Crippen molar-refractivity contribution in [2.24, 2.45) is 50.7 Å². The molecule has 14 unspecified atom stereocenters. The van der Waals surface area contributed by atoms with Crippen LogP contribution in [0.3, 0.4) is 0 Å². The largest absolute Gasteiger partial charge is 0.390 e. The average molecular weight is 701 g/mol. The van der Waals surface area contributed by atoms with Gasteiger partial charge < -0.3 is 34.1 Å². The molecule has 5 aliphatic carbocycles. The summed E-state index contributed by atoms with van der Waals surface area (Å²) in [6.45, 7) is 22.7. The van der Waals surface area contributed by atoms with E-state index in [4.69, 9.17) is 18.9 Å². The van der Waals surface area contributed by atoms with Crippen molar-refractivity contribution in [3.8, 4) is 0 Å². The molecule has 1 amide bonds. The molecule has 5 saturated carbocycles. The molecular formula is C41H68N2O7. The first-order chi connectivity index (χ1) is 23.5. The molecule has 0 bridgehead atoms. The van der Waals surface area contributed by atoms with Crippen molar-refractivity contribution in [3.63, 3.8) is 0 Å². The van der Waals surface area contributed by atoms with Crippen molar-refractivity contribution in [2.75, 3.05) is 45.9 Å². The molecule has 0 aromatic heterocycles. The Hall–Kier alpha value is -0.810. The molecule has 0 aromatic carbocycles. The van der Waals surface area contributed by atoms with Crippen LogP contribution in [0.2, 0.25) is 0 Å². The zero-order valence-electron chi connectivity index (χ0n) is 32.4. The van der Waals surface area contributed by atoms with E-state index in [9.17, 15) is 15.0 Å². The van der Waals surface area contributed by atoms with Crippen molar-refractivity contribution in [2.45, 2.75) is 156 Å². The number of fused-ring (bicyclic) bond motifs is 4. The fourth-order valence-corrected chi connectivity index (χ4v) is 14.6. The summed E-state index contributed by atoms with van der Waals surface area (Å²) in [5, 5.41) is 23.7. The van der Waals surface area contributed by atoms with Gasteiger partial charge in [0, 0.05) is 31.7 Å². The van der Waals surface area contributed by atoms with E-state index in [0.717, 1.165) is 51.7 Å². The molecule has 14 atom stereocenters. The molecule has 0 radical (unpaired) electrons. The number of hydrogen-bond acceptors (Lipinski definition) is 8. The van der Waals surface area contributed by atoms with Gasteiger partial charge in [0.15, 0.2) is 6.29 Å². The number of carbonyl (C=O) groups is 1. The summed E-state index contributed by atoms with van der Waals surface area (Å²) in [7, 11) is 0. The highest BCUT2D eigenvalue weighted by atomic mass is 16.7. The number of hydrogen-bond donors (Lipinski definition) is 2. The van der Waals surface area contributed by atoms with Crippen LogP contribution in [0.4, 0.5) is 0 Å². The molecular weight excluding hydrogens is 632 g/mol. The highest BCUT2D eigenvalue weighted by Gasteiger charge is 2.84. The molecule has 0 aromatic rings. The van der Waals surface area contributed by atoms with Crippen LogP contribution in [0.25, 0.3) is 0 Å². The number of aliphatic hydroxyl groups is 2. The minimum absolute atomic E-state index is 0.000896. The predicted octanol–water partition coefficient (Wildman–Crippen LogP) is 5.25. The summed E-state index contributed by atoms with van der Waals surface area (Å²) in [4.78, 5) is 16.9. The number of rotatable bonds is 8. The third kappa shape index (κ3) is 4.98. The van der Waals surface area contributed by atoms with Gasteiger partial charge in [-0.05, 0) is 124 Å². The summed E-state index contributed by atoms with van der Waals surface area (Å²) in [5.41, 5.74) is -0.633. The lowest BCUT2D eigenvalue weighted by molar-refractivity contribution is -0.248. The molecule has 9 heteroatoms. The van der Waals surface area contributed by atoms with Gasteiger partial charge in [-0.2, -0.15) is 0 Å². The van der Waals surface area contributed by atoms with Gasteiger partial charge in [-0.1, -0.05) is 34.6 Å². The molecule has 9 nitrogen and oxygen atoms in total. The molecule has 8 aliphatic rings. The first-order valence-electron chi connectivity index (χ1n) is 20.5. The lowest BCUT2D eigenvalue weighted by Crippen LogP contribution is -2.60. The van der Waals surface area contributed by atoms with Gasteiger partial charge in [0.05, 0.1) is 49.7 Å². The first-order valence-corrected chi connectivity index (χ1v) is 20.5. The molecule has 8 rings (SSSR count). The van der Waals surface area contributed by atoms with E-state index in [1.165, 1.54) is 25.7 Å². The standard InChI is InChI=1S/C41H68N2O7/c1-9-47-35(37(5,6)46)26-21-25(2)32-33(49-26)34(45)39(8)28-12-11-27-36(3,4)29(13-14-40(27)24-41(28,40)16-15-38(32,39)7)50-31-23-42(19-20-48-31)22-30(44)43-17-10-18-43/h25-29,31-35,45-46H,9-24H2,1-8H3. The maximum absolute atomic E-state index is 12.7. The molecule has 2 spiro atoms. The van der Waals surface area contributed by atoms with Gasteiger partial charge in [-0.15, -0.1) is 0 Å². The number of amides is 1. The van der Waals surface area contributed by atoms with Crippen LogP contribution in [0.1, 0.15) is 113 Å². The minimum Gasteiger partial charge on any atom is -0.390 e. The smallest absolute Gasteiger partial charge is 0.236 e. The fraction of sp³-hybridized carbons (Fsp3) is 0.976. The summed E-state index contributed by atoms with van der Waals surface area (Å²) in [6.07, 6.45) is 8.66. The first kappa shape index (κ1) is 36.2. The lowest BCUT2D eigenvalue weighted by Gasteiger charge is -2.64. The highest BCUT2D eigenvalue weighted by Crippen LogP contribution is 2.89. The molecule has 3 saturated heterocycles. The fourth-order valence-electron chi connectivity index (χ4n) is 14.6. The Morgan fingerprint density at radius 2 is 1.74 bits per heavy atom. The molecule has 8 fully saturated rings. The van der Waals surface area contributed by atoms with Gasteiger partial charge in [0.2, 0.25) is 5.91 Å². The van der Waals surface area contributed by atoms with E-state index in [-0.39, 0.29) is 52.2 Å². The second-order valence-electron chi connectivity index (χ2n) is 20.0. The van der Waals surface area contributed by atoms with Crippen LogP contribution >= 0.6 is 0 Å². The zero-order chi connectivity index (χ0) is 35.6. The van der Waals surface area contributed by atoms with Crippen LogP contribution in [0.15, 0.2) is 0 Å². The number of morpholine rings is 1. The van der Waals surface area contributed by atoms with Gasteiger partial charge >= 0.3 is 0 Å². The number of carbonyl (C=O) groups excluding carboxylic acids is 1. The van der Waals surface area contributed by atoms with Gasteiger partial charge in [-0.25, -0.2) is 0 Å². The van der Waals surface area contributed by atoms with Crippen molar-refractivity contribution in [3.05, 3.63) is 0 Å². The van der Waals surface area contributed by atoms with E-state index in [1.807, 2.05) is 25.7 Å². The van der Waals surface area contributed by atoms with E-state index in [2.05, 4.69) is 39.5 Å². The van der Waals surface area contributed by atoms with E-state index in [0.29, 0.717) is 55.4 Å².